The lowest BCUT2D eigenvalue weighted by atomic mass is 9.79. The molecule has 1 aliphatic rings. The third-order valence-electron chi connectivity index (χ3n) is 13.6. The lowest BCUT2D eigenvalue weighted by Gasteiger charge is -2.24. The number of rotatable bonds is 3. The Morgan fingerprint density at radius 1 is 0.317 bits per heavy atom. The Balaban J connectivity index is 0.969. The van der Waals surface area contributed by atoms with Gasteiger partial charge in [-0.25, -0.2) is 0 Å². The van der Waals surface area contributed by atoms with Crippen molar-refractivity contribution in [2.45, 2.75) is 19.3 Å². The molecule has 60 heavy (non-hydrogen) atoms. The number of para-hydroxylation sites is 1. The Kier molecular flexibility index (Phi) is 6.85. The first kappa shape index (κ1) is 33.5. The third kappa shape index (κ3) is 4.63. The molecule has 1 nitrogen and oxygen atoms in total. The molecule has 1 heterocycles. The van der Waals surface area contributed by atoms with Crippen molar-refractivity contribution in [2.75, 3.05) is 0 Å². The zero-order valence-electron chi connectivity index (χ0n) is 33.4. The molecule has 0 fully saturated rings. The summed E-state index contributed by atoms with van der Waals surface area (Å²) in [7, 11) is 0. The van der Waals surface area contributed by atoms with Gasteiger partial charge in [-0.05, 0) is 152 Å². The van der Waals surface area contributed by atoms with E-state index < -0.39 is 0 Å². The number of hydrogen-bond acceptors (Lipinski definition) is 1. The van der Waals surface area contributed by atoms with Crippen molar-refractivity contribution in [3.05, 3.63) is 205 Å². The maximum atomic E-state index is 6.24. The highest BCUT2D eigenvalue weighted by Crippen LogP contribution is 2.55. The molecule has 0 atom stereocenters. The van der Waals surface area contributed by atoms with E-state index in [2.05, 4.69) is 202 Å². The summed E-state index contributed by atoms with van der Waals surface area (Å²) in [6.45, 7) is 4.82. The van der Waals surface area contributed by atoms with Crippen LogP contribution in [0.25, 0.3) is 120 Å². The molecule has 1 aliphatic carbocycles. The molecule has 0 amide bonds. The molecule has 0 bridgehead atoms. The van der Waals surface area contributed by atoms with Crippen LogP contribution in [0.5, 0.6) is 0 Å². The molecule has 11 aromatic carbocycles. The highest BCUT2D eigenvalue weighted by atomic mass is 16.3. The van der Waals surface area contributed by atoms with Crippen LogP contribution in [0.3, 0.4) is 0 Å². The van der Waals surface area contributed by atoms with E-state index in [-0.39, 0.29) is 5.41 Å². The van der Waals surface area contributed by atoms with Crippen molar-refractivity contribution >= 4 is 75.8 Å². The second-order valence-corrected chi connectivity index (χ2v) is 17.2. The highest BCUT2D eigenvalue weighted by molar-refractivity contribution is 6.23. The van der Waals surface area contributed by atoms with Crippen LogP contribution in [0, 0.1) is 0 Å². The van der Waals surface area contributed by atoms with Gasteiger partial charge < -0.3 is 4.42 Å². The normalized spacial score (nSPS) is 13.3. The first-order valence-electron chi connectivity index (χ1n) is 21.0. The van der Waals surface area contributed by atoms with E-state index in [9.17, 15) is 0 Å². The molecular weight excluding hydrogens is 725 g/mol. The van der Waals surface area contributed by atoms with Gasteiger partial charge in [0.2, 0.25) is 0 Å². The molecule has 0 saturated heterocycles. The second-order valence-electron chi connectivity index (χ2n) is 17.2. The SMILES string of the molecule is CC1(C)c2cc3cc(-c4cccc(-c5c6ccccc6c(-c6ccc7oc8ccccc8c7c6)c6ccccc56)c4)ccc3cc2-c2c1c1ccccc1c1ccccc21. The largest absolute Gasteiger partial charge is 0.456 e. The molecule has 0 radical (unpaired) electrons. The van der Waals surface area contributed by atoms with Gasteiger partial charge in [0.05, 0.1) is 0 Å². The third-order valence-corrected chi connectivity index (χ3v) is 13.6. The van der Waals surface area contributed by atoms with Gasteiger partial charge in [0, 0.05) is 16.2 Å². The molecule has 0 saturated carbocycles. The summed E-state index contributed by atoms with van der Waals surface area (Å²) in [6.07, 6.45) is 0. The van der Waals surface area contributed by atoms with E-state index >= 15 is 0 Å². The van der Waals surface area contributed by atoms with E-state index in [0.717, 1.165) is 21.9 Å². The maximum absolute atomic E-state index is 6.24. The predicted molar refractivity (Wildman–Crippen MR) is 255 cm³/mol. The van der Waals surface area contributed by atoms with Crippen LogP contribution >= 0.6 is 0 Å². The quantitative estimate of drug-likeness (QED) is 0.129. The Labute approximate surface area is 347 Å². The van der Waals surface area contributed by atoms with Gasteiger partial charge in [0.15, 0.2) is 0 Å². The van der Waals surface area contributed by atoms with Gasteiger partial charge in [-0.1, -0.05) is 166 Å². The highest BCUT2D eigenvalue weighted by Gasteiger charge is 2.38. The molecule has 0 N–H and O–H groups in total. The van der Waals surface area contributed by atoms with E-state index in [1.54, 1.807) is 0 Å². The number of hydrogen-bond donors (Lipinski definition) is 0. The zero-order valence-corrected chi connectivity index (χ0v) is 33.4. The van der Waals surface area contributed by atoms with Crippen molar-refractivity contribution < 1.29 is 4.42 Å². The molecular formula is C59H38O. The maximum Gasteiger partial charge on any atom is 0.135 e. The van der Waals surface area contributed by atoms with Crippen LogP contribution in [-0.4, -0.2) is 0 Å². The molecule has 1 heteroatoms. The van der Waals surface area contributed by atoms with Gasteiger partial charge in [-0.2, -0.15) is 0 Å². The van der Waals surface area contributed by atoms with Crippen LogP contribution < -0.4 is 0 Å². The molecule has 0 aliphatic heterocycles. The van der Waals surface area contributed by atoms with Crippen LogP contribution in [0.4, 0.5) is 0 Å². The van der Waals surface area contributed by atoms with Crippen molar-refractivity contribution in [3.63, 3.8) is 0 Å². The first-order valence-corrected chi connectivity index (χ1v) is 21.0. The summed E-state index contributed by atoms with van der Waals surface area (Å²) in [6, 6.07) is 71.9. The summed E-state index contributed by atoms with van der Waals surface area (Å²) in [4.78, 5) is 0. The lowest BCUT2D eigenvalue weighted by molar-refractivity contribution is 0.667. The van der Waals surface area contributed by atoms with Gasteiger partial charge >= 0.3 is 0 Å². The lowest BCUT2D eigenvalue weighted by Crippen LogP contribution is -2.15. The average Bonchev–Trinajstić information content (AvgIpc) is 3.78. The van der Waals surface area contributed by atoms with Gasteiger partial charge in [-0.3, -0.25) is 0 Å². The summed E-state index contributed by atoms with van der Waals surface area (Å²) >= 11 is 0. The van der Waals surface area contributed by atoms with E-state index in [0.29, 0.717) is 0 Å². The Hall–Kier alpha value is -7.48. The van der Waals surface area contributed by atoms with Crippen molar-refractivity contribution in [1.29, 1.82) is 0 Å². The van der Waals surface area contributed by atoms with Gasteiger partial charge in [0.25, 0.3) is 0 Å². The van der Waals surface area contributed by atoms with Crippen LogP contribution in [0.1, 0.15) is 25.0 Å². The molecule has 1 aromatic heterocycles. The molecule has 0 unspecified atom stereocenters. The summed E-state index contributed by atoms with van der Waals surface area (Å²) in [5.41, 5.74) is 14.6. The minimum atomic E-state index is -0.148. The minimum absolute atomic E-state index is 0.148. The number of fused-ring (bicyclic) bond motifs is 14. The summed E-state index contributed by atoms with van der Waals surface area (Å²) < 4.78 is 6.24. The number of furan rings is 1. The fourth-order valence-corrected chi connectivity index (χ4v) is 10.9. The predicted octanol–water partition coefficient (Wildman–Crippen LogP) is 16.7. The second kappa shape index (κ2) is 12.3. The van der Waals surface area contributed by atoms with Crippen LogP contribution in [0.15, 0.2) is 199 Å². The van der Waals surface area contributed by atoms with Crippen LogP contribution in [-0.2, 0) is 5.41 Å². The van der Waals surface area contributed by atoms with Crippen molar-refractivity contribution in [1.82, 2.24) is 0 Å². The van der Waals surface area contributed by atoms with Crippen molar-refractivity contribution in [2.24, 2.45) is 0 Å². The zero-order chi connectivity index (χ0) is 39.7. The Morgan fingerprint density at radius 3 is 1.50 bits per heavy atom. The van der Waals surface area contributed by atoms with E-state index in [4.69, 9.17) is 4.42 Å². The topological polar surface area (TPSA) is 13.1 Å². The fraction of sp³-hybridized carbons (Fsp3) is 0.0508. The number of benzene rings is 11. The van der Waals surface area contributed by atoms with E-state index in [1.807, 2.05) is 6.07 Å². The summed E-state index contributed by atoms with van der Waals surface area (Å²) in [5, 5.41) is 15.2. The molecule has 280 valence electrons. The van der Waals surface area contributed by atoms with Gasteiger partial charge in [-0.15, -0.1) is 0 Å². The Morgan fingerprint density at radius 2 is 0.817 bits per heavy atom. The average molecular weight is 763 g/mol. The van der Waals surface area contributed by atoms with Gasteiger partial charge in [0.1, 0.15) is 11.2 Å². The monoisotopic (exact) mass is 762 g/mol. The molecule has 13 rings (SSSR count). The molecule has 12 aromatic rings. The first-order chi connectivity index (χ1) is 29.5. The standard InChI is InChI=1S/C59H38O/c1-59(2)52-34-40-31-36(26-27-37(40)32-51(52)57-44-19-5-3-16-41(44)42-17-4-10-24-49(42)58(57)59)35-14-13-15-38(30-35)55-45-20-6-8-22-47(45)56(48-23-9-7-21-46(48)55)39-28-29-54-50(33-39)43-18-11-12-25-53(43)60-54/h3-34H,1-2H3. The summed E-state index contributed by atoms with van der Waals surface area (Å²) in [5.74, 6) is 0. The van der Waals surface area contributed by atoms with Crippen LogP contribution in [0.2, 0.25) is 0 Å². The Bertz CT molecular complexity index is 3750. The molecule has 0 spiro atoms. The smallest absolute Gasteiger partial charge is 0.135 e. The van der Waals surface area contributed by atoms with E-state index in [1.165, 1.54) is 109 Å². The fourth-order valence-electron chi connectivity index (χ4n) is 10.9. The minimum Gasteiger partial charge on any atom is -0.456 e. The van der Waals surface area contributed by atoms with Crippen molar-refractivity contribution in [3.8, 4) is 44.5 Å².